The predicted octanol–water partition coefficient (Wildman–Crippen LogP) is 2.80. The summed E-state index contributed by atoms with van der Waals surface area (Å²) in [6, 6.07) is 8.31. The number of sulfonamides is 1. The zero-order chi connectivity index (χ0) is 17.7. The first-order valence-corrected chi connectivity index (χ1v) is 9.11. The number of hydrogen-bond donors (Lipinski definition) is 2. The number of aromatic nitrogens is 2. The molecule has 0 amide bonds. The highest BCUT2D eigenvalue weighted by molar-refractivity contribution is 7.92. The second kappa shape index (κ2) is 7.48. The molecule has 0 spiro atoms. The molecule has 1 unspecified atom stereocenters. The number of rotatable bonds is 7. The van der Waals surface area contributed by atoms with E-state index in [-0.39, 0.29) is 16.8 Å². The Hall–Kier alpha value is -2.35. The van der Waals surface area contributed by atoms with Crippen molar-refractivity contribution in [1.29, 1.82) is 0 Å². The van der Waals surface area contributed by atoms with Crippen LogP contribution in [0.1, 0.15) is 25.8 Å². The fourth-order valence-corrected chi connectivity index (χ4v) is 3.29. The maximum absolute atomic E-state index is 12.5. The number of aryl methyl sites for hydroxylation is 1. The van der Waals surface area contributed by atoms with Crippen LogP contribution in [0.4, 0.5) is 11.6 Å². The molecule has 0 fully saturated rings. The lowest BCUT2D eigenvalue weighted by Gasteiger charge is -2.13. The van der Waals surface area contributed by atoms with Crippen LogP contribution < -0.4 is 14.8 Å². The largest absolute Gasteiger partial charge is 0.497 e. The van der Waals surface area contributed by atoms with Crippen LogP contribution in [0.25, 0.3) is 0 Å². The average Bonchev–Trinajstić information content (AvgIpc) is 2.55. The van der Waals surface area contributed by atoms with Gasteiger partial charge >= 0.3 is 0 Å². The number of benzene rings is 1. The monoisotopic (exact) mass is 350 g/mol. The summed E-state index contributed by atoms with van der Waals surface area (Å²) in [5.74, 6) is 1.37. The molecule has 1 heterocycles. The summed E-state index contributed by atoms with van der Waals surface area (Å²) in [6.45, 7) is 5.80. The number of nitrogens with zero attached hydrogens (tertiary/aromatic N) is 2. The van der Waals surface area contributed by atoms with Crippen LogP contribution in [0.3, 0.4) is 0 Å². The smallest absolute Gasteiger partial charge is 0.263 e. The maximum atomic E-state index is 12.5. The van der Waals surface area contributed by atoms with Gasteiger partial charge in [-0.1, -0.05) is 6.92 Å². The molecular weight excluding hydrogens is 328 g/mol. The van der Waals surface area contributed by atoms with Crippen molar-refractivity contribution in [3.63, 3.8) is 0 Å². The second-order valence-electron chi connectivity index (χ2n) is 5.49. The molecule has 130 valence electrons. The lowest BCUT2D eigenvalue weighted by molar-refractivity contribution is 0.414. The first-order chi connectivity index (χ1) is 11.4. The fraction of sp³-hybridized carbons (Fsp3) is 0.375. The number of hydrogen-bond acceptors (Lipinski definition) is 6. The highest BCUT2D eigenvalue weighted by Crippen LogP contribution is 2.22. The Morgan fingerprint density at radius 3 is 2.38 bits per heavy atom. The van der Waals surface area contributed by atoms with E-state index in [2.05, 4.69) is 27.2 Å². The van der Waals surface area contributed by atoms with Gasteiger partial charge in [0.1, 0.15) is 11.6 Å². The summed E-state index contributed by atoms with van der Waals surface area (Å²) in [4.78, 5) is 0.173. The van der Waals surface area contributed by atoms with Crippen molar-refractivity contribution in [2.45, 2.75) is 38.1 Å². The summed E-state index contributed by atoms with van der Waals surface area (Å²) in [5, 5.41) is 11.1. The van der Waals surface area contributed by atoms with Crippen LogP contribution in [0.15, 0.2) is 35.2 Å². The SMILES string of the molecule is CCC(C)Nc1ccc(NS(=O)(=O)c2ccc(OC)cc2C)nn1. The molecule has 0 aliphatic heterocycles. The van der Waals surface area contributed by atoms with Crippen molar-refractivity contribution in [1.82, 2.24) is 10.2 Å². The van der Waals surface area contributed by atoms with E-state index in [4.69, 9.17) is 4.74 Å². The molecule has 0 aliphatic rings. The van der Waals surface area contributed by atoms with Crippen molar-refractivity contribution in [2.75, 3.05) is 17.1 Å². The minimum Gasteiger partial charge on any atom is -0.497 e. The third kappa shape index (κ3) is 4.35. The van der Waals surface area contributed by atoms with Gasteiger partial charge in [-0.15, -0.1) is 10.2 Å². The zero-order valence-electron chi connectivity index (χ0n) is 14.2. The van der Waals surface area contributed by atoms with E-state index in [0.717, 1.165) is 6.42 Å². The molecule has 0 saturated carbocycles. The number of methoxy groups -OCH3 is 1. The second-order valence-corrected chi connectivity index (χ2v) is 7.15. The topological polar surface area (TPSA) is 93.2 Å². The molecule has 1 atom stereocenters. The van der Waals surface area contributed by atoms with Gasteiger partial charge in [-0.05, 0) is 56.2 Å². The molecule has 1 aromatic heterocycles. The molecule has 24 heavy (non-hydrogen) atoms. The molecule has 0 saturated heterocycles. The van der Waals surface area contributed by atoms with Gasteiger partial charge in [0.25, 0.3) is 10.0 Å². The molecule has 0 aliphatic carbocycles. The van der Waals surface area contributed by atoms with Gasteiger partial charge in [0, 0.05) is 6.04 Å². The lowest BCUT2D eigenvalue weighted by atomic mass is 10.2. The van der Waals surface area contributed by atoms with Gasteiger partial charge in [0.05, 0.1) is 12.0 Å². The van der Waals surface area contributed by atoms with Crippen molar-refractivity contribution < 1.29 is 13.2 Å². The minimum atomic E-state index is -3.74. The third-order valence-corrected chi connectivity index (χ3v) is 5.10. The summed E-state index contributed by atoms with van der Waals surface area (Å²) in [5.41, 5.74) is 0.588. The highest BCUT2D eigenvalue weighted by atomic mass is 32.2. The van der Waals surface area contributed by atoms with E-state index in [1.165, 1.54) is 13.2 Å². The summed E-state index contributed by atoms with van der Waals surface area (Å²) in [7, 11) is -2.20. The molecule has 1 aromatic carbocycles. The Kier molecular flexibility index (Phi) is 5.61. The van der Waals surface area contributed by atoms with Gasteiger partial charge < -0.3 is 10.1 Å². The molecular formula is C16H22N4O3S. The van der Waals surface area contributed by atoms with E-state index >= 15 is 0 Å². The Morgan fingerprint density at radius 1 is 1.17 bits per heavy atom. The predicted molar refractivity (Wildman–Crippen MR) is 93.9 cm³/mol. The van der Waals surface area contributed by atoms with Crippen molar-refractivity contribution in [3.05, 3.63) is 35.9 Å². The van der Waals surface area contributed by atoms with Crippen LogP contribution in [0, 0.1) is 6.92 Å². The highest BCUT2D eigenvalue weighted by Gasteiger charge is 2.18. The quantitative estimate of drug-likeness (QED) is 0.797. The molecule has 2 aromatic rings. The molecule has 0 bridgehead atoms. The maximum Gasteiger partial charge on any atom is 0.263 e. The van der Waals surface area contributed by atoms with Crippen molar-refractivity contribution in [2.24, 2.45) is 0 Å². The van der Waals surface area contributed by atoms with Gasteiger partial charge in [0.2, 0.25) is 0 Å². The van der Waals surface area contributed by atoms with E-state index in [0.29, 0.717) is 17.1 Å². The van der Waals surface area contributed by atoms with Crippen LogP contribution >= 0.6 is 0 Å². The van der Waals surface area contributed by atoms with Gasteiger partial charge in [-0.2, -0.15) is 0 Å². The number of nitrogens with one attached hydrogen (secondary N) is 2. The molecule has 7 nitrogen and oxygen atoms in total. The van der Waals surface area contributed by atoms with Gasteiger partial charge in [-0.3, -0.25) is 4.72 Å². The van der Waals surface area contributed by atoms with E-state index in [9.17, 15) is 8.42 Å². The zero-order valence-corrected chi connectivity index (χ0v) is 15.0. The molecule has 2 rings (SSSR count). The first kappa shape index (κ1) is 18.0. The van der Waals surface area contributed by atoms with E-state index < -0.39 is 10.0 Å². The number of ether oxygens (including phenoxy) is 1. The molecule has 8 heteroatoms. The van der Waals surface area contributed by atoms with Crippen LogP contribution in [0.2, 0.25) is 0 Å². The van der Waals surface area contributed by atoms with Gasteiger partial charge in [0.15, 0.2) is 5.82 Å². The Bertz CT molecular complexity index is 791. The van der Waals surface area contributed by atoms with Crippen LogP contribution in [-0.2, 0) is 10.0 Å². The summed E-state index contributed by atoms with van der Waals surface area (Å²) < 4.78 is 32.5. The van der Waals surface area contributed by atoms with Crippen molar-refractivity contribution >= 4 is 21.7 Å². The normalized spacial score (nSPS) is 12.5. The first-order valence-electron chi connectivity index (χ1n) is 7.63. The minimum absolute atomic E-state index is 0.167. The lowest BCUT2D eigenvalue weighted by Crippen LogP contribution is -2.17. The van der Waals surface area contributed by atoms with Crippen molar-refractivity contribution in [3.8, 4) is 5.75 Å². The van der Waals surface area contributed by atoms with Crippen LogP contribution in [-0.4, -0.2) is 31.8 Å². The summed E-state index contributed by atoms with van der Waals surface area (Å²) >= 11 is 0. The third-order valence-electron chi connectivity index (χ3n) is 3.58. The summed E-state index contributed by atoms with van der Waals surface area (Å²) in [6.07, 6.45) is 0.951. The molecule has 0 radical (unpaired) electrons. The van der Waals surface area contributed by atoms with E-state index in [1.54, 1.807) is 31.2 Å². The Labute approximate surface area is 142 Å². The van der Waals surface area contributed by atoms with Crippen LogP contribution in [0.5, 0.6) is 5.75 Å². The average molecular weight is 350 g/mol. The number of anilines is 2. The Balaban J connectivity index is 2.17. The fourth-order valence-electron chi connectivity index (χ4n) is 2.06. The molecule has 2 N–H and O–H groups in total. The van der Waals surface area contributed by atoms with E-state index in [1.807, 2.05) is 6.92 Å². The standard InChI is InChI=1S/C16H22N4O3S/c1-5-12(3)17-15-8-9-16(19-18-15)20-24(21,22)14-7-6-13(23-4)10-11(14)2/h6-10,12H,5H2,1-4H3,(H,17,18)(H,19,20). The Morgan fingerprint density at radius 2 is 1.83 bits per heavy atom. The van der Waals surface area contributed by atoms with Gasteiger partial charge in [-0.25, -0.2) is 8.42 Å².